The Kier molecular flexibility index (Phi) is 6.21. The summed E-state index contributed by atoms with van der Waals surface area (Å²) in [4.78, 5) is 30.6. The van der Waals surface area contributed by atoms with E-state index in [1.54, 1.807) is 36.4 Å². The Morgan fingerprint density at radius 2 is 2.00 bits per heavy atom. The zero-order valence-electron chi connectivity index (χ0n) is 18.7. The first-order chi connectivity index (χ1) is 16.7. The number of aromatic nitrogens is 6. The van der Waals surface area contributed by atoms with Crippen LogP contribution >= 0.6 is 0 Å². The van der Waals surface area contributed by atoms with Crippen LogP contribution in [-0.2, 0) is 11.3 Å². The molecule has 0 radical (unpaired) electrons. The summed E-state index contributed by atoms with van der Waals surface area (Å²) in [7, 11) is 1.62. The molecule has 10 nitrogen and oxygen atoms in total. The number of carbonyl (C=O) groups excluding carboxylic acids is 1. The molecule has 1 aliphatic carbocycles. The van der Waals surface area contributed by atoms with E-state index in [-0.39, 0.29) is 5.91 Å². The van der Waals surface area contributed by atoms with E-state index in [0.29, 0.717) is 47.7 Å². The highest BCUT2D eigenvalue weighted by Gasteiger charge is 2.27. The molecule has 0 bridgehead atoms. The second-order valence-electron chi connectivity index (χ2n) is 7.96. The van der Waals surface area contributed by atoms with Gasteiger partial charge in [0, 0.05) is 31.0 Å². The van der Waals surface area contributed by atoms with E-state index in [4.69, 9.17) is 9.72 Å². The monoisotopic (exact) mass is 456 g/mol. The van der Waals surface area contributed by atoms with Gasteiger partial charge in [-0.3, -0.25) is 9.78 Å². The minimum absolute atomic E-state index is 0.298. The summed E-state index contributed by atoms with van der Waals surface area (Å²) in [5, 5.41) is 10.8. The molecule has 0 saturated heterocycles. The molecule has 1 saturated carbocycles. The predicted octanol–water partition coefficient (Wildman–Crippen LogP) is 3.65. The van der Waals surface area contributed by atoms with Crippen molar-refractivity contribution in [3.8, 4) is 11.4 Å². The van der Waals surface area contributed by atoms with Gasteiger partial charge in [0.15, 0.2) is 5.69 Å². The summed E-state index contributed by atoms with van der Waals surface area (Å²) in [6.45, 7) is 0.920. The first-order valence-electron chi connectivity index (χ1n) is 11.0. The van der Waals surface area contributed by atoms with Gasteiger partial charge in [0.1, 0.15) is 17.8 Å². The number of hydrogen-bond acceptors (Lipinski definition) is 8. The van der Waals surface area contributed by atoms with E-state index < -0.39 is 0 Å². The summed E-state index contributed by atoms with van der Waals surface area (Å²) in [5.74, 6) is 0.604. The van der Waals surface area contributed by atoms with Crippen molar-refractivity contribution in [3.05, 3.63) is 72.7 Å². The number of pyridine rings is 2. The Morgan fingerprint density at radius 1 is 1.15 bits per heavy atom. The van der Waals surface area contributed by atoms with Gasteiger partial charge in [0.25, 0.3) is 5.91 Å². The van der Waals surface area contributed by atoms with Gasteiger partial charge in [-0.15, -0.1) is 0 Å². The van der Waals surface area contributed by atoms with Crippen molar-refractivity contribution >= 4 is 23.1 Å². The van der Waals surface area contributed by atoms with E-state index in [9.17, 15) is 4.79 Å². The van der Waals surface area contributed by atoms with Crippen molar-refractivity contribution in [2.45, 2.75) is 25.3 Å². The van der Waals surface area contributed by atoms with Crippen LogP contribution in [0.5, 0.6) is 0 Å². The molecule has 4 aromatic heterocycles. The van der Waals surface area contributed by atoms with Crippen LogP contribution in [0.1, 0.15) is 34.9 Å². The van der Waals surface area contributed by atoms with E-state index in [0.717, 1.165) is 24.2 Å². The van der Waals surface area contributed by atoms with Crippen molar-refractivity contribution in [1.29, 1.82) is 0 Å². The summed E-state index contributed by atoms with van der Waals surface area (Å²) in [6, 6.07) is 11.3. The van der Waals surface area contributed by atoms with Crippen LogP contribution in [0.4, 0.5) is 17.2 Å². The molecule has 4 aromatic rings. The number of hydrogen-bond donors (Lipinski definition) is 2. The van der Waals surface area contributed by atoms with Gasteiger partial charge in [0.2, 0.25) is 0 Å². The molecule has 0 atom stereocenters. The lowest BCUT2D eigenvalue weighted by Crippen LogP contribution is -2.20. The van der Waals surface area contributed by atoms with Crippen LogP contribution in [0.2, 0.25) is 0 Å². The number of anilines is 3. The van der Waals surface area contributed by atoms with Crippen molar-refractivity contribution < 1.29 is 9.53 Å². The minimum atomic E-state index is -0.340. The highest BCUT2D eigenvalue weighted by atomic mass is 16.5. The summed E-state index contributed by atoms with van der Waals surface area (Å²) >= 11 is 0. The second-order valence-corrected chi connectivity index (χ2v) is 7.96. The number of ether oxygens (including phenoxy) is 1. The SMILES string of the molecule is COCCn1nc(-c2ccccn2)cc1NC(=O)c1nc(C2CC2)ccc1Nc1cncnc1. The molecule has 0 aromatic carbocycles. The Bertz CT molecular complexity index is 1270. The van der Waals surface area contributed by atoms with E-state index in [2.05, 4.69) is 30.7 Å². The number of amides is 1. The molecule has 5 rings (SSSR count). The van der Waals surface area contributed by atoms with E-state index in [1.807, 2.05) is 30.3 Å². The van der Waals surface area contributed by atoms with Gasteiger partial charge in [-0.25, -0.2) is 19.6 Å². The Hall–Kier alpha value is -4.18. The number of carbonyl (C=O) groups is 1. The molecule has 1 amide bonds. The van der Waals surface area contributed by atoms with Crippen LogP contribution < -0.4 is 10.6 Å². The number of rotatable bonds is 9. The normalized spacial score (nSPS) is 13.0. The molecule has 2 N–H and O–H groups in total. The Labute approximate surface area is 196 Å². The van der Waals surface area contributed by atoms with Crippen molar-refractivity contribution in [2.75, 3.05) is 24.4 Å². The number of nitrogens with one attached hydrogen (secondary N) is 2. The Morgan fingerprint density at radius 3 is 2.74 bits per heavy atom. The van der Waals surface area contributed by atoms with Crippen molar-refractivity contribution in [3.63, 3.8) is 0 Å². The molecule has 1 aliphatic rings. The molecular weight excluding hydrogens is 432 g/mol. The van der Waals surface area contributed by atoms with Gasteiger partial charge >= 0.3 is 0 Å². The van der Waals surface area contributed by atoms with Crippen LogP contribution in [0.25, 0.3) is 11.4 Å². The molecular formula is C24H24N8O2. The smallest absolute Gasteiger partial charge is 0.277 e. The summed E-state index contributed by atoms with van der Waals surface area (Å²) in [6.07, 6.45) is 8.62. The molecule has 0 unspecified atom stereocenters. The molecule has 34 heavy (non-hydrogen) atoms. The van der Waals surface area contributed by atoms with Gasteiger partial charge in [-0.1, -0.05) is 6.07 Å². The van der Waals surface area contributed by atoms with Crippen molar-refractivity contribution in [2.24, 2.45) is 0 Å². The van der Waals surface area contributed by atoms with E-state index >= 15 is 0 Å². The van der Waals surface area contributed by atoms with Crippen LogP contribution in [-0.4, -0.2) is 49.3 Å². The zero-order chi connectivity index (χ0) is 23.3. The fraction of sp³-hybridized carbons (Fsp3) is 0.250. The maximum absolute atomic E-state index is 13.5. The highest BCUT2D eigenvalue weighted by molar-refractivity contribution is 6.06. The summed E-state index contributed by atoms with van der Waals surface area (Å²) in [5.41, 5.74) is 3.83. The first-order valence-corrected chi connectivity index (χ1v) is 11.0. The highest BCUT2D eigenvalue weighted by Crippen LogP contribution is 2.39. The van der Waals surface area contributed by atoms with Gasteiger partial charge in [-0.05, 0) is 37.1 Å². The molecule has 4 heterocycles. The predicted molar refractivity (Wildman–Crippen MR) is 127 cm³/mol. The lowest BCUT2D eigenvalue weighted by atomic mass is 10.2. The van der Waals surface area contributed by atoms with E-state index in [1.165, 1.54) is 6.33 Å². The zero-order valence-corrected chi connectivity index (χ0v) is 18.7. The Balaban J connectivity index is 1.46. The van der Waals surface area contributed by atoms with Gasteiger partial charge < -0.3 is 15.4 Å². The molecule has 10 heteroatoms. The standard InChI is InChI=1S/C24H24N8O2/c1-34-11-10-32-22(12-21(31-32)19-4-2-3-9-27-19)30-24(33)23-20(28-17-13-25-15-26-14-17)8-7-18(29-23)16-5-6-16/h2-4,7-9,12-16,28H,5-6,10-11H2,1H3,(H,30,33). The lowest BCUT2D eigenvalue weighted by molar-refractivity contribution is 0.102. The molecule has 0 spiro atoms. The average Bonchev–Trinajstić information content (AvgIpc) is 3.65. The largest absolute Gasteiger partial charge is 0.383 e. The molecule has 0 aliphatic heterocycles. The molecule has 1 fully saturated rings. The topological polar surface area (TPSA) is 120 Å². The first kappa shape index (κ1) is 21.7. The average molecular weight is 457 g/mol. The number of methoxy groups -OCH3 is 1. The van der Waals surface area contributed by atoms with Gasteiger partial charge in [0.05, 0.1) is 42.6 Å². The second kappa shape index (κ2) is 9.75. The minimum Gasteiger partial charge on any atom is -0.383 e. The van der Waals surface area contributed by atoms with Crippen LogP contribution in [0.3, 0.4) is 0 Å². The third-order valence-electron chi connectivity index (χ3n) is 5.42. The van der Waals surface area contributed by atoms with Crippen molar-refractivity contribution in [1.82, 2.24) is 29.7 Å². The maximum Gasteiger partial charge on any atom is 0.277 e. The van der Waals surface area contributed by atoms with Crippen LogP contribution in [0, 0.1) is 0 Å². The fourth-order valence-electron chi connectivity index (χ4n) is 3.55. The lowest BCUT2D eigenvalue weighted by Gasteiger charge is -2.13. The number of nitrogens with zero attached hydrogens (tertiary/aromatic N) is 6. The van der Waals surface area contributed by atoms with Crippen LogP contribution in [0.15, 0.2) is 61.3 Å². The quantitative estimate of drug-likeness (QED) is 0.392. The maximum atomic E-state index is 13.5. The third-order valence-corrected chi connectivity index (χ3v) is 5.42. The summed E-state index contributed by atoms with van der Waals surface area (Å²) < 4.78 is 6.92. The van der Waals surface area contributed by atoms with Gasteiger partial charge in [-0.2, -0.15) is 5.10 Å². The molecule has 172 valence electrons. The fourth-order valence-corrected chi connectivity index (χ4v) is 3.55. The third kappa shape index (κ3) is 4.91.